The molecule has 4 heterocycles. The summed E-state index contributed by atoms with van der Waals surface area (Å²) < 4.78 is 44.7. The summed E-state index contributed by atoms with van der Waals surface area (Å²) in [5.41, 5.74) is 3.15. The predicted molar refractivity (Wildman–Crippen MR) is 202 cm³/mol. The molecule has 4 aromatic rings. The maximum atomic E-state index is 15.0. The molecule has 2 bridgehead atoms. The van der Waals surface area contributed by atoms with Gasteiger partial charge in [0.25, 0.3) is 5.91 Å². The van der Waals surface area contributed by atoms with E-state index in [0.717, 1.165) is 48.9 Å². The maximum Gasteiger partial charge on any atom is 0.408 e. The number of methoxy groups -OCH3 is 1. The Morgan fingerprint density at radius 3 is 2.54 bits per heavy atom. The topological polar surface area (TPSA) is 139 Å². The lowest BCUT2D eigenvalue weighted by molar-refractivity contribution is -0.135. The van der Waals surface area contributed by atoms with Gasteiger partial charge in [0.05, 0.1) is 22.7 Å². The second kappa shape index (κ2) is 16.6. The zero-order valence-corrected chi connectivity index (χ0v) is 32.2. The first kappa shape index (κ1) is 39.2. The molecule has 3 amide bonds. The predicted octanol–water partition coefficient (Wildman–Crippen LogP) is 7.41. The van der Waals surface area contributed by atoms with Crippen molar-refractivity contribution >= 4 is 46.7 Å². The molecular formula is C40H39Cl2F2N5O7. The van der Waals surface area contributed by atoms with Gasteiger partial charge >= 0.3 is 6.09 Å². The van der Waals surface area contributed by atoms with Crippen LogP contribution in [0.15, 0.2) is 64.8 Å². The smallest absolute Gasteiger partial charge is 0.408 e. The highest BCUT2D eigenvalue weighted by Crippen LogP contribution is 2.42. The van der Waals surface area contributed by atoms with E-state index >= 15 is 0 Å². The summed E-state index contributed by atoms with van der Waals surface area (Å²) in [6.45, 7) is 2.33. The Morgan fingerprint density at radius 1 is 1.05 bits per heavy atom. The van der Waals surface area contributed by atoms with Crippen molar-refractivity contribution in [3.05, 3.63) is 104 Å². The number of carbonyl (C=O) groups is 3. The number of amides is 3. The summed E-state index contributed by atoms with van der Waals surface area (Å²) in [5.74, 6) is -1.69. The number of hydrogen-bond donors (Lipinski definition) is 1. The van der Waals surface area contributed by atoms with Gasteiger partial charge in [-0.25, -0.2) is 18.6 Å². The molecule has 2 aromatic heterocycles. The second-order valence-electron chi connectivity index (χ2n) is 14.1. The molecule has 1 saturated heterocycles. The monoisotopic (exact) mass is 809 g/mol. The number of piperazine rings is 1. The van der Waals surface area contributed by atoms with Crippen LogP contribution in [0.4, 0.5) is 13.6 Å². The Balaban J connectivity index is 1.19. The van der Waals surface area contributed by atoms with Crippen LogP contribution in [0, 0.1) is 11.6 Å². The SMILES string of the molecule is COCCCc1ccc(Cl)c(CN(C(=O)C2=C(c3ccc(OCc4cc(-c5c(F)ccc(F)c5Cl)no4)nc3)C[C@@H]3CN(C(C)=O)C[C@H]2N3C(=O)O)C2CC2)c1. The Hall–Kier alpha value is -5.05. The Labute approximate surface area is 331 Å². The van der Waals surface area contributed by atoms with Crippen molar-refractivity contribution < 1.29 is 42.3 Å². The van der Waals surface area contributed by atoms with Crippen molar-refractivity contribution in [1.82, 2.24) is 24.8 Å². The molecule has 294 valence electrons. The first-order valence-electron chi connectivity index (χ1n) is 18.2. The van der Waals surface area contributed by atoms with Crippen LogP contribution in [0.25, 0.3) is 16.8 Å². The molecule has 2 aromatic carbocycles. The average Bonchev–Trinajstić information content (AvgIpc) is 3.91. The first-order valence-corrected chi connectivity index (χ1v) is 18.9. The van der Waals surface area contributed by atoms with Gasteiger partial charge in [-0.3, -0.25) is 14.5 Å². The number of halogens is 4. The highest BCUT2D eigenvalue weighted by molar-refractivity contribution is 6.33. The lowest BCUT2D eigenvalue weighted by Gasteiger charge is -2.50. The third-order valence-electron chi connectivity index (χ3n) is 10.4. The van der Waals surface area contributed by atoms with Crippen molar-refractivity contribution in [3.8, 4) is 17.1 Å². The van der Waals surface area contributed by atoms with Crippen LogP contribution >= 0.6 is 23.2 Å². The Bertz CT molecular complexity index is 2180. The number of fused-ring (bicyclic) bond motifs is 2. The minimum atomic E-state index is -1.17. The minimum absolute atomic E-state index is 0.00285. The van der Waals surface area contributed by atoms with Crippen LogP contribution in [0.2, 0.25) is 10.0 Å². The van der Waals surface area contributed by atoms with Gasteiger partial charge in [0, 0.05) is 75.2 Å². The van der Waals surface area contributed by atoms with E-state index < -0.39 is 34.8 Å². The van der Waals surface area contributed by atoms with E-state index in [4.69, 9.17) is 37.2 Å². The number of carboxylic acid groups (broad SMARTS) is 1. The van der Waals surface area contributed by atoms with Gasteiger partial charge in [0.1, 0.15) is 17.3 Å². The normalized spacial score (nSPS) is 18.0. The summed E-state index contributed by atoms with van der Waals surface area (Å²) >= 11 is 12.7. The summed E-state index contributed by atoms with van der Waals surface area (Å²) in [6.07, 6.45) is 3.74. The van der Waals surface area contributed by atoms with Gasteiger partial charge in [-0.15, -0.1) is 0 Å². The molecule has 12 nitrogen and oxygen atoms in total. The Kier molecular flexibility index (Phi) is 11.6. The van der Waals surface area contributed by atoms with Gasteiger partial charge in [-0.2, -0.15) is 0 Å². The van der Waals surface area contributed by atoms with Gasteiger partial charge < -0.3 is 28.9 Å². The number of ether oxygens (including phenoxy) is 2. The molecular weight excluding hydrogens is 771 g/mol. The number of rotatable bonds is 13. The van der Waals surface area contributed by atoms with Crippen molar-refractivity contribution in [2.45, 2.75) is 70.3 Å². The number of carbonyl (C=O) groups excluding carboxylic acids is 2. The number of hydrogen-bond acceptors (Lipinski definition) is 8. The highest BCUT2D eigenvalue weighted by atomic mass is 35.5. The average molecular weight is 811 g/mol. The van der Waals surface area contributed by atoms with Gasteiger partial charge in [0.2, 0.25) is 11.8 Å². The molecule has 7 rings (SSSR count). The number of benzene rings is 2. The van der Waals surface area contributed by atoms with Crippen LogP contribution in [0.1, 0.15) is 55.1 Å². The molecule has 2 atom stereocenters. The lowest BCUT2D eigenvalue weighted by atomic mass is 9.81. The number of pyridine rings is 1. The molecule has 2 fully saturated rings. The van der Waals surface area contributed by atoms with E-state index in [1.54, 1.807) is 35.2 Å². The van der Waals surface area contributed by atoms with Crippen molar-refractivity contribution in [1.29, 1.82) is 0 Å². The van der Waals surface area contributed by atoms with E-state index in [-0.39, 0.29) is 73.4 Å². The van der Waals surface area contributed by atoms with E-state index in [1.165, 1.54) is 17.9 Å². The fraction of sp³-hybridized carbons (Fsp3) is 0.375. The molecule has 0 radical (unpaired) electrons. The molecule has 3 aliphatic rings. The second-order valence-corrected chi connectivity index (χ2v) is 14.9. The number of aryl methyl sites for hydroxylation is 1. The summed E-state index contributed by atoms with van der Waals surface area (Å²) in [7, 11) is 1.66. The minimum Gasteiger partial charge on any atom is -0.469 e. The van der Waals surface area contributed by atoms with Gasteiger partial charge in [0.15, 0.2) is 12.4 Å². The molecule has 2 aliphatic heterocycles. The third kappa shape index (κ3) is 8.23. The summed E-state index contributed by atoms with van der Waals surface area (Å²) in [4.78, 5) is 49.6. The molecule has 16 heteroatoms. The summed E-state index contributed by atoms with van der Waals surface area (Å²) in [6, 6.07) is 10.8. The highest BCUT2D eigenvalue weighted by Gasteiger charge is 2.49. The van der Waals surface area contributed by atoms with E-state index in [9.17, 15) is 28.3 Å². The van der Waals surface area contributed by atoms with Crippen LogP contribution in [0.3, 0.4) is 0 Å². The molecule has 56 heavy (non-hydrogen) atoms. The molecule has 1 saturated carbocycles. The zero-order valence-electron chi connectivity index (χ0n) is 30.6. The molecule has 1 aliphatic carbocycles. The fourth-order valence-corrected chi connectivity index (χ4v) is 7.89. The number of aromatic nitrogens is 2. The number of nitrogens with zero attached hydrogens (tertiary/aromatic N) is 5. The molecule has 0 unspecified atom stereocenters. The quantitative estimate of drug-likeness (QED) is 0.108. The van der Waals surface area contributed by atoms with E-state index in [1.807, 2.05) is 18.2 Å². The van der Waals surface area contributed by atoms with Crippen LogP contribution in [-0.2, 0) is 33.9 Å². The van der Waals surface area contributed by atoms with Crippen LogP contribution in [0.5, 0.6) is 5.88 Å². The van der Waals surface area contributed by atoms with E-state index in [2.05, 4.69) is 10.1 Å². The molecule has 0 spiro atoms. The fourth-order valence-electron chi connectivity index (χ4n) is 7.47. The zero-order chi connectivity index (χ0) is 39.7. The van der Waals surface area contributed by atoms with E-state index in [0.29, 0.717) is 28.3 Å². The van der Waals surface area contributed by atoms with Crippen LogP contribution < -0.4 is 4.74 Å². The van der Waals surface area contributed by atoms with Gasteiger partial charge in [-0.1, -0.05) is 40.5 Å². The standard InChI is InChI=1S/C40H39Cl2F2N5O7/c1-22(50)47-19-27-15-29(24-6-12-35(45-17-24)55-21-28-16-33(46-56-28)37-31(43)10-11-32(44)38(37)42)36(34(20-47)49(27)40(52)53)39(51)48(26-7-8-26)18-25-14-23(4-3-13-54-2)5-9-30(25)41/h5-6,9-12,14,16-17,26-27,34H,3-4,7-8,13,15,18-21H2,1-2H3,(H,52,53)/t27-,34-/m1/s1. The van der Waals surface area contributed by atoms with Crippen molar-refractivity contribution in [2.24, 2.45) is 0 Å². The van der Waals surface area contributed by atoms with Crippen molar-refractivity contribution in [3.63, 3.8) is 0 Å². The largest absolute Gasteiger partial charge is 0.469 e. The third-order valence-corrected chi connectivity index (χ3v) is 11.1. The Morgan fingerprint density at radius 2 is 1.84 bits per heavy atom. The summed E-state index contributed by atoms with van der Waals surface area (Å²) in [5, 5.41) is 14.4. The first-order chi connectivity index (χ1) is 26.9. The van der Waals surface area contributed by atoms with Crippen molar-refractivity contribution in [2.75, 3.05) is 26.8 Å². The van der Waals surface area contributed by atoms with Gasteiger partial charge in [-0.05, 0) is 78.6 Å². The maximum absolute atomic E-state index is 15.0. The van der Waals surface area contributed by atoms with Crippen LogP contribution in [-0.4, -0.2) is 92.8 Å². The molecule has 1 N–H and O–H groups in total. The lowest BCUT2D eigenvalue weighted by Crippen LogP contribution is -2.64.